The van der Waals surface area contributed by atoms with Crippen molar-refractivity contribution in [3.8, 4) is 0 Å². The molecule has 2 heteroatoms. The summed E-state index contributed by atoms with van der Waals surface area (Å²) in [7, 11) is 0. The molecule has 2 saturated heterocycles. The summed E-state index contributed by atoms with van der Waals surface area (Å²) in [5.41, 5.74) is 0. The Labute approximate surface area is 101 Å². The summed E-state index contributed by atoms with van der Waals surface area (Å²) in [5, 5.41) is 3.63. The van der Waals surface area contributed by atoms with Crippen molar-refractivity contribution in [2.45, 2.75) is 57.9 Å². The minimum atomic E-state index is 0.833. The monoisotopic (exact) mass is 224 g/mol. The molecule has 16 heavy (non-hydrogen) atoms. The number of hydrogen-bond donors (Lipinski definition) is 1. The van der Waals surface area contributed by atoms with Crippen LogP contribution in [0.2, 0.25) is 0 Å². The maximum atomic E-state index is 3.63. The normalized spacial score (nSPS) is 29.8. The molecule has 0 radical (unpaired) electrons. The number of fused-ring (bicyclic) bond motifs is 1. The summed E-state index contributed by atoms with van der Waals surface area (Å²) in [6, 6.07) is 0.833. The maximum absolute atomic E-state index is 3.63. The van der Waals surface area contributed by atoms with Crippen LogP contribution in [-0.4, -0.2) is 37.1 Å². The third-order valence-corrected chi connectivity index (χ3v) is 4.27. The molecule has 2 aliphatic rings. The fourth-order valence-corrected chi connectivity index (χ4v) is 3.24. The number of rotatable bonds is 7. The number of unbranched alkanes of at least 4 members (excludes halogenated alkanes) is 5. The van der Waals surface area contributed by atoms with Crippen LogP contribution < -0.4 is 5.32 Å². The maximum Gasteiger partial charge on any atom is 0.0235 e. The van der Waals surface area contributed by atoms with Crippen LogP contribution >= 0.6 is 0 Å². The van der Waals surface area contributed by atoms with Crippen LogP contribution in [0.3, 0.4) is 0 Å². The third-order valence-electron chi connectivity index (χ3n) is 4.27. The van der Waals surface area contributed by atoms with Crippen LogP contribution in [-0.2, 0) is 0 Å². The van der Waals surface area contributed by atoms with E-state index in [1.165, 1.54) is 71.1 Å². The summed E-state index contributed by atoms with van der Waals surface area (Å²) in [5.74, 6) is 0.972. The van der Waals surface area contributed by atoms with E-state index in [1.807, 2.05) is 0 Å². The lowest BCUT2D eigenvalue weighted by Crippen LogP contribution is -2.30. The quantitative estimate of drug-likeness (QED) is 0.669. The van der Waals surface area contributed by atoms with Crippen LogP contribution in [0.15, 0.2) is 0 Å². The van der Waals surface area contributed by atoms with Crippen molar-refractivity contribution in [2.75, 3.05) is 26.2 Å². The molecule has 2 aliphatic heterocycles. The molecule has 94 valence electrons. The van der Waals surface area contributed by atoms with Crippen molar-refractivity contribution in [3.05, 3.63) is 0 Å². The van der Waals surface area contributed by atoms with Crippen molar-refractivity contribution in [3.63, 3.8) is 0 Å². The lowest BCUT2D eigenvalue weighted by Gasteiger charge is -2.16. The lowest BCUT2D eigenvalue weighted by atomic mass is 10.1. The zero-order valence-electron chi connectivity index (χ0n) is 10.9. The minimum Gasteiger partial charge on any atom is -0.312 e. The Morgan fingerprint density at radius 1 is 1.06 bits per heavy atom. The number of nitrogens with one attached hydrogen (secondary N) is 1. The van der Waals surface area contributed by atoms with E-state index in [-0.39, 0.29) is 0 Å². The molecule has 0 aromatic rings. The van der Waals surface area contributed by atoms with E-state index in [2.05, 4.69) is 17.1 Å². The first-order valence-electron chi connectivity index (χ1n) is 7.36. The first kappa shape index (κ1) is 12.4. The van der Waals surface area contributed by atoms with Crippen molar-refractivity contribution in [2.24, 2.45) is 5.92 Å². The molecule has 2 rings (SSSR count). The van der Waals surface area contributed by atoms with E-state index in [1.54, 1.807) is 0 Å². The average molecular weight is 224 g/mol. The molecule has 2 nitrogen and oxygen atoms in total. The molecule has 0 amide bonds. The first-order chi connectivity index (χ1) is 7.90. The van der Waals surface area contributed by atoms with Gasteiger partial charge in [-0.3, -0.25) is 0 Å². The molecular weight excluding hydrogens is 196 g/mol. The highest BCUT2D eigenvalue weighted by atomic mass is 15.2. The number of hydrogen-bond acceptors (Lipinski definition) is 2. The van der Waals surface area contributed by atoms with E-state index in [9.17, 15) is 0 Å². The Hall–Kier alpha value is -0.0800. The highest BCUT2D eigenvalue weighted by Crippen LogP contribution is 2.24. The summed E-state index contributed by atoms with van der Waals surface area (Å²) in [4.78, 5) is 2.68. The molecule has 1 N–H and O–H groups in total. The van der Waals surface area contributed by atoms with Gasteiger partial charge in [-0.05, 0) is 31.8 Å². The summed E-state index contributed by atoms with van der Waals surface area (Å²) >= 11 is 0. The molecule has 0 unspecified atom stereocenters. The summed E-state index contributed by atoms with van der Waals surface area (Å²) in [6.07, 6.45) is 9.97. The van der Waals surface area contributed by atoms with Crippen LogP contribution in [0.1, 0.15) is 51.9 Å². The second-order valence-electron chi connectivity index (χ2n) is 5.64. The molecule has 0 spiro atoms. The molecule has 2 heterocycles. The highest BCUT2D eigenvalue weighted by Gasteiger charge is 2.35. The topological polar surface area (TPSA) is 15.3 Å². The van der Waals surface area contributed by atoms with Gasteiger partial charge in [0, 0.05) is 19.1 Å². The second-order valence-corrected chi connectivity index (χ2v) is 5.64. The van der Waals surface area contributed by atoms with Crippen LogP contribution in [0.4, 0.5) is 0 Å². The van der Waals surface area contributed by atoms with Gasteiger partial charge in [-0.1, -0.05) is 39.0 Å². The number of nitrogens with zero attached hydrogens (tertiary/aromatic N) is 1. The molecule has 0 aliphatic carbocycles. The zero-order valence-corrected chi connectivity index (χ0v) is 10.9. The predicted octanol–water partition coefficient (Wildman–Crippen LogP) is 2.64. The Morgan fingerprint density at radius 3 is 2.69 bits per heavy atom. The predicted molar refractivity (Wildman–Crippen MR) is 69.7 cm³/mol. The Balaban J connectivity index is 1.48. The molecule has 0 saturated carbocycles. The first-order valence-corrected chi connectivity index (χ1v) is 7.36. The van der Waals surface area contributed by atoms with Gasteiger partial charge in [-0.2, -0.15) is 0 Å². The van der Waals surface area contributed by atoms with E-state index >= 15 is 0 Å². The fraction of sp³-hybridized carbons (Fsp3) is 1.00. The molecule has 0 aromatic carbocycles. The van der Waals surface area contributed by atoms with Crippen molar-refractivity contribution < 1.29 is 0 Å². The smallest absolute Gasteiger partial charge is 0.0235 e. The Bertz CT molecular complexity index is 181. The number of likely N-dealkylation sites (tertiary alicyclic amines) is 1. The van der Waals surface area contributed by atoms with E-state index in [0.29, 0.717) is 0 Å². The standard InChI is InChI=1S/C14H28N2/c1-2-3-4-5-6-7-10-16-11-13-8-9-15-14(13)12-16/h13-15H,2-12H2,1H3/t13-,14+/m0/s1. The molecule has 2 atom stereocenters. The van der Waals surface area contributed by atoms with Gasteiger partial charge in [0.1, 0.15) is 0 Å². The Morgan fingerprint density at radius 2 is 1.88 bits per heavy atom. The van der Waals surface area contributed by atoms with Gasteiger partial charge in [-0.25, -0.2) is 0 Å². The van der Waals surface area contributed by atoms with Gasteiger partial charge < -0.3 is 10.2 Å². The lowest BCUT2D eigenvalue weighted by molar-refractivity contribution is 0.305. The van der Waals surface area contributed by atoms with Crippen molar-refractivity contribution in [1.29, 1.82) is 0 Å². The van der Waals surface area contributed by atoms with Gasteiger partial charge in [0.25, 0.3) is 0 Å². The van der Waals surface area contributed by atoms with E-state index in [0.717, 1.165) is 12.0 Å². The largest absolute Gasteiger partial charge is 0.312 e. The average Bonchev–Trinajstić information content (AvgIpc) is 2.83. The fourth-order valence-electron chi connectivity index (χ4n) is 3.24. The van der Waals surface area contributed by atoms with E-state index < -0.39 is 0 Å². The molecular formula is C14H28N2. The molecule has 0 bridgehead atoms. The molecule has 0 aromatic heterocycles. The van der Waals surface area contributed by atoms with Gasteiger partial charge in [0.05, 0.1) is 0 Å². The van der Waals surface area contributed by atoms with Crippen LogP contribution in [0.5, 0.6) is 0 Å². The second kappa shape index (κ2) is 6.61. The molecule has 2 fully saturated rings. The summed E-state index contributed by atoms with van der Waals surface area (Å²) in [6.45, 7) is 7.59. The van der Waals surface area contributed by atoms with Gasteiger partial charge in [0.15, 0.2) is 0 Å². The van der Waals surface area contributed by atoms with Crippen molar-refractivity contribution >= 4 is 0 Å². The highest BCUT2D eigenvalue weighted by molar-refractivity contribution is 4.93. The third kappa shape index (κ3) is 3.46. The van der Waals surface area contributed by atoms with E-state index in [4.69, 9.17) is 0 Å². The van der Waals surface area contributed by atoms with Crippen LogP contribution in [0, 0.1) is 5.92 Å². The SMILES string of the molecule is CCCCCCCCN1C[C@@H]2CCN[C@@H]2C1. The minimum absolute atomic E-state index is 0.833. The van der Waals surface area contributed by atoms with Gasteiger partial charge in [0.2, 0.25) is 0 Å². The van der Waals surface area contributed by atoms with Gasteiger partial charge >= 0.3 is 0 Å². The van der Waals surface area contributed by atoms with Crippen LogP contribution in [0.25, 0.3) is 0 Å². The van der Waals surface area contributed by atoms with Gasteiger partial charge in [-0.15, -0.1) is 0 Å². The zero-order chi connectivity index (χ0) is 11.2. The summed E-state index contributed by atoms with van der Waals surface area (Å²) < 4.78 is 0. The Kier molecular flexibility index (Phi) is 5.11. The van der Waals surface area contributed by atoms with Crippen molar-refractivity contribution in [1.82, 2.24) is 10.2 Å².